The summed E-state index contributed by atoms with van der Waals surface area (Å²) < 4.78 is 0. The van der Waals surface area contributed by atoms with Gasteiger partial charge in [-0.3, -0.25) is 0 Å². The van der Waals surface area contributed by atoms with Crippen LogP contribution in [0.5, 0.6) is 0 Å². The van der Waals surface area contributed by atoms with E-state index < -0.39 is 0 Å². The third-order valence-corrected chi connectivity index (χ3v) is 3.82. The molecule has 0 saturated heterocycles. The van der Waals surface area contributed by atoms with Crippen LogP contribution in [0.3, 0.4) is 0 Å². The Balaban J connectivity index is 1.84. The summed E-state index contributed by atoms with van der Waals surface area (Å²) in [6.07, 6.45) is 5.96. The lowest BCUT2D eigenvalue weighted by molar-refractivity contribution is 0.198. The van der Waals surface area contributed by atoms with Gasteiger partial charge in [-0.2, -0.15) is 0 Å². The van der Waals surface area contributed by atoms with Crippen LogP contribution in [-0.4, -0.2) is 24.0 Å². The SMILES string of the molecule is CN(Cc1cccc(Cl)c1)C(=O)NC1CCCCC1. The van der Waals surface area contributed by atoms with E-state index in [1.807, 2.05) is 31.3 Å². The van der Waals surface area contributed by atoms with Crippen LogP contribution in [0.25, 0.3) is 0 Å². The highest BCUT2D eigenvalue weighted by Crippen LogP contribution is 2.18. The Morgan fingerprint density at radius 2 is 2.11 bits per heavy atom. The van der Waals surface area contributed by atoms with Crippen molar-refractivity contribution in [1.82, 2.24) is 10.2 Å². The van der Waals surface area contributed by atoms with Crippen molar-refractivity contribution in [3.8, 4) is 0 Å². The van der Waals surface area contributed by atoms with Crippen molar-refractivity contribution in [3.05, 3.63) is 34.9 Å². The van der Waals surface area contributed by atoms with Crippen molar-refractivity contribution in [2.24, 2.45) is 0 Å². The molecule has 2 amide bonds. The van der Waals surface area contributed by atoms with Gasteiger partial charge in [0.15, 0.2) is 0 Å². The van der Waals surface area contributed by atoms with E-state index in [1.54, 1.807) is 4.90 Å². The molecule has 4 heteroatoms. The summed E-state index contributed by atoms with van der Waals surface area (Å²) in [5.74, 6) is 0. The smallest absolute Gasteiger partial charge is 0.317 e. The Morgan fingerprint density at radius 3 is 2.79 bits per heavy atom. The number of halogens is 1. The number of amides is 2. The molecule has 0 aliphatic heterocycles. The second-order valence-corrected chi connectivity index (χ2v) is 5.71. The highest BCUT2D eigenvalue weighted by Gasteiger charge is 2.17. The molecule has 0 radical (unpaired) electrons. The monoisotopic (exact) mass is 280 g/mol. The van der Waals surface area contributed by atoms with E-state index in [9.17, 15) is 4.79 Å². The molecule has 0 atom stereocenters. The van der Waals surface area contributed by atoms with E-state index in [1.165, 1.54) is 19.3 Å². The maximum atomic E-state index is 12.1. The van der Waals surface area contributed by atoms with Gasteiger partial charge in [0.1, 0.15) is 0 Å². The maximum Gasteiger partial charge on any atom is 0.317 e. The summed E-state index contributed by atoms with van der Waals surface area (Å²) >= 11 is 5.94. The predicted molar refractivity (Wildman–Crippen MR) is 78.3 cm³/mol. The summed E-state index contributed by atoms with van der Waals surface area (Å²) in [6.45, 7) is 0.582. The largest absolute Gasteiger partial charge is 0.335 e. The zero-order chi connectivity index (χ0) is 13.7. The summed E-state index contributed by atoms with van der Waals surface area (Å²) in [6, 6.07) is 7.98. The van der Waals surface area contributed by atoms with E-state index in [0.29, 0.717) is 17.6 Å². The van der Waals surface area contributed by atoms with Gasteiger partial charge in [-0.1, -0.05) is 43.0 Å². The van der Waals surface area contributed by atoms with Crippen molar-refractivity contribution in [1.29, 1.82) is 0 Å². The number of rotatable bonds is 3. The summed E-state index contributed by atoms with van der Waals surface area (Å²) in [7, 11) is 1.82. The number of nitrogens with one attached hydrogen (secondary N) is 1. The molecule has 0 heterocycles. The van der Waals surface area contributed by atoms with Crippen LogP contribution in [0.15, 0.2) is 24.3 Å². The first-order chi connectivity index (χ1) is 9.15. The van der Waals surface area contributed by atoms with Crippen LogP contribution >= 0.6 is 11.6 Å². The molecular formula is C15H21ClN2O. The van der Waals surface area contributed by atoms with Crippen molar-refractivity contribution in [2.75, 3.05) is 7.05 Å². The van der Waals surface area contributed by atoms with Gasteiger partial charge in [-0.15, -0.1) is 0 Å². The third-order valence-electron chi connectivity index (χ3n) is 3.59. The number of hydrogen-bond acceptors (Lipinski definition) is 1. The van der Waals surface area contributed by atoms with Crippen LogP contribution in [0, 0.1) is 0 Å². The van der Waals surface area contributed by atoms with Crippen LogP contribution in [0.4, 0.5) is 4.79 Å². The summed E-state index contributed by atoms with van der Waals surface area (Å²) in [4.78, 5) is 13.8. The Morgan fingerprint density at radius 1 is 1.37 bits per heavy atom. The second-order valence-electron chi connectivity index (χ2n) is 5.27. The van der Waals surface area contributed by atoms with Crippen molar-refractivity contribution < 1.29 is 4.79 Å². The van der Waals surface area contributed by atoms with Crippen molar-refractivity contribution in [2.45, 2.75) is 44.7 Å². The van der Waals surface area contributed by atoms with Crippen LogP contribution in [0.2, 0.25) is 5.02 Å². The van der Waals surface area contributed by atoms with Gasteiger partial charge in [0.05, 0.1) is 0 Å². The van der Waals surface area contributed by atoms with Crippen molar-refractivity contribution >= 4 is 17.6 Å². The lowest BCUT2D eigenvalue weighted by atomic mass is 9.96. The molecule has 0 aromatic heterocycles. The summed E-state index contributed by atoms with van der Waals surface area (Å²) in [5.41, 5.74) is 1.05. The molecule has 3 nitrogen and oxygen atoms in total. The Kier molecular flexibility index (Phi) is 5.08. The first kappa shape index (κ1) is 14.2. The Hall–Kier alpha value is -1.22. The van der Waals surface area contributed by atoms with E-state index in [-0.39, 0.29) is 6.03 Å². The molecule has 104 valence electrons. The number of benzene rings is 1. The minimum atomic E-state index is 0.00637. The quantitative estimate of drug-likeness (QED) is 0.897. The number of carbonyl (C=O) groups excluding carboxylic acids is 1. The van der Waals surface area contributed by atoms with Gasteiger partial charge in [-0.25, -0.2) is 4.79 Å². The summed E-state index contributed by atoms with van der Waals surface area (Å²) in [5, 5.41) is 3.81. The molecule has 1 aromatic rings. The average Bonchev–Trinajstić information content (AvgIpc) is 2.40. The zero-order valence-corrected chi connectivity index (χ0v) is 12.1. The van der Waals surface area contributed by atoms with Crippen molar-refractivity contribution in [3.63, 3.8) is 0 Å². The molecule has 0 unspecified atom stereocenters. The van der Waals surface area contributed by atoms with Gasteiger partial charge in [0.2, 0.25) is 0 Å². The lowest BCUT2D eigenvalue weighted by Gasteiger charge is -2.26. The molecule has 2 rings (SSSR count). The molecule has 1 aromatic carbocycles. The molecule has 1 N–H and O–H groups in total. The third kappa shape index (κ3) is 4.43. The minimum Gasteiger partial charge on any atom is -0.335 e. The van der Waals surface area contributed by atoms with Crippen LogP contribution in [0.1, 0.15) is 37.7 Å². The Labute approximate surface area is 119 Å². The predicted octanol–water partition coefficient (Wildman–Crippen LogP) is 3.81. The average molecular weight is 281 g/mol. The number of urea groups is 1. The standard InChI is InChI=1S/C15H21ClN2O/c1-18(11-12-6-5-7-13(16)10-12)15(19)17-14-8-3-2-4-9-14/h5-7,10,14H,2-4,8-9,11H2,1H3,(H,17,19). The molecule has 0 spiro atoms. The van der Waals surface area contributed by atoms with Gasteiger partial charge in [0, 0.05) is 24.7 Å². The van der Waals surface area contributed by atoms with E-state index in [4.69, 9.17) is 11.6 Å². The second kappa shape index (κ2) is 6.80. The molecule has 1 fully saturated rings. The van der Waals surface area contributed by atoms with E-state index in [0.717, 1.165) is 18.4 Å². The zero-order valence-electron chi connectivity index (χ0n) is 11.4. The van der Waals surface area contributed by atoms with Crippen LogP contribution in [-0.2, 0) is 6.54 Å². The normalized spacial score (nSPS) is 16.1. The fourth-order valence-corrected chi connectivity index (χ4v) is 2.73. The molecule has 1 aliphatic carbocycles. The molecular weight excluding hydrogens is 260 g/mol. The van der Waals surface area contributed by atoms with Gasteiger partial charge in [-0.05, 0) is 30.5 Å². The fraction of sp³-hybridized carbons (Fsp3) is 0.533. The van der Waals surface area contributed by atoms with E-state index >= 15 is 0 Å². The van der Waals surface area contributed by atoms with E-state index in [2.05, 4.69) is 5.32 Å². The first-order valence-corrected chi connectivity index (χ1v) is 7.29. The number of hydrogen-bond donors (Lipinski definition) is 1. The number of carbonyl (C=O) groups is 1. The Bertz CT molecular complexity index is 430. The van der Waals surface area contributed by atoms with Gasteiger partial charge >= 0.3 is 6.03 Å². The van der Waals surface area contributed by atoms with Gasteiger partial charge in [0.25, 0.3) is 0 Å². The molecule has 0 bridgehead atoms. The first-order valence-electron chi connectivity index (χ1n) is 6.91. The number of nitrogens with zero attached hydrogens (tertiary/aromatic N) is 1. The minimum absolute atomic E-state index is 0.00637. The van der Waals surface area contributed by atoms with Crippen LogP contribution < -0.4 is 5.32 Å². The molecule has 19 heavy (non-hydrogen) atoms. The maximum absolute atomic E-state index is 12.1. The molecule has 1 saturated carbocycles. The highest BCUT2D eigenvalue weighted by atomic mass is 35.5. The fourth-order valence-electron chi connectivity index (χ4n) is 2.51. The highest BCUT2D eigenvalue weighted by molar-refractivity contribution is 6.30. The molecule has 1 aliphatic rings. The van der Waals surface area contributed by atoms with Gasteiger partial charge < -0.3 is 10.2 Å². The lowest BCUT2D eigenvalue weighted by Crippen LogP contribution is -2.43. The topological polar surface area (TPSA) is 32.3 Å².